The van der Waals surface area contributed by atoms with Gasteiger partial charge in [-0.2, -0.15) is 11.3 Å². The van der Waals surface area contributed by atoms with Gasteiger partial charge in [-0.25, -0.2) is 0 Å². The van der Waals surface area contributed by atoms with Gasteiger partial charge in [0.25, 0.3) is 11.8 Å². The van der Waals surface area contributed by atoms with Gasteiger partial charge in [-0.15, -0.1) is 0 Å². The third-order valence-electron chi connectivity index (χ3n) is 5.47. The minimum atomic E-state index is -0.0737. The molecule has 0 aliphatic carbocycles. The van der Waals surface area contributed by atoms with Crippen LogP contribution in [0.5, 0.6) is 0 Å². The Hall–Kier alpha value is -2.99. The molecule has 1 aromatic carbocycles. The van der Waals surface area contributed by atoms with Gasteiger partial charge in [0, 0.05) is 48.0 Å². The minimum absolute atomic E-state index is 0.0571. The van der Waals surface area contributed by atoms with Crippen LogP contribution in [0.3, 0.4) is 0 Å². The number of hydrogen-bond donors (Lipinski definition) is 1. The van der Waals surface area contributed by atoms with Crippen molar-refractivity contribution in [1.82, 2.24) is 15.2 Å². The molecule has 148 valence electrons. The van der Waals surface area contributed by atoms with E-state index in [-0.39, 0.29) is 11.8 Å². The van der Waals surface area contributed by atoms with Crippen molar-refractivity contribution in [2.24, 2.45) is 0 Å². The molecule has 1 aliphatic rings. The van der Waals surface area contributed by atoms with E-state index in [4.69, 9.17) is 0 Å². The first-order chi connectivity index (χ1) is 14.0. The summed E-state index contributed by atoms with van der Waals surface area (Å²) < 4.78 is 0. The molecule has 0 saturated carbocycles. The Morgan fingerprint density at radius 3 is 2.79 bits per heavy atom. The smallest absolute Gasteiger partial charge is 0.254 e. The van der Waals surface area contributed by atoms with Crippen LogP contribution in [0, 0.1) is 13.8 Å². The van der Waals surface area contributed by atoms with Gasteiger partial charge in [-0.3, -0.25) is 14.6 Å². The summed E-state index contributed by atoms with van der Waals surface area (Å²) >= 11 is 1.51. The number of amides is 2. The van der Waals surface area contributed by atoms with Crippen LogP contribution in [-0.4, -0.2) is 28.2 Å². The molecule has 6 heteroatoms. The first kappa shape index (κ1) is 19.3. The average Bonchev–Trinajstić information content (AvgIpc) is 3.27. The molecule has 0 radical (unpaired) electrons. The summed E-state index contributed by atoms with van der Waals surface area (Å²) in [6.45, 7) is 5.58. The van der Waals surface area contributed by atoms with Crippen molar-refractivity contribution >= 4 is 23.2 Å². The minimum Gasteiger partial charge on any atom is -0.348 e. The lowest BCUT2D eigenvalue weighted by atomic mass is 9.94. The van der Waals surface area contributed by atoms with Crippen molar-refractivity contribution in [2.45, 2.75) is 33.4 Å². The Morgan fingerprint density at radius 1 is 1.21 bits per heavy atom. The lowest BCUT2D eigenvalue weighted by molar-refractivity contribution is 0.0733. The zero-order chi connectivity index (χ0) is 20.4. The predicted octanol–water partition coefficient (Wildman–Crippen LogP) is 3.89. The SMILES string of the molecule is Cc1ccccc1C(=O)N1CCc2c(cnc(C)c2CNC(=O)c2ccsc2)C1. The number of pyridine rings is 1. The van der Waals surface area contributed by atoms with Gasteiger partial charge >= 0.3 is 0 Å². The summed E-state index contributed by atoms with van der Waals surface area (Å²) in [4.78, 5) is 31.7. The zero-order valence-electron chi connectivity index (χ0n) is 16.6. The zero-order valence-corrected chi connectivity index (χ0v) is 17.4. The molecule has 2 amide bonds. The lowest BCUT2D eigenvalue weighted by Gasteiger charge is -2.31. The van der Waals surface area contributed by atoms with E-state index in [0.717, 1.165) is 34.4 Å². The summed E-state index contributed by atoms with van der Waals surface area (Å²) in [6.07, 6.45) is 2.63. The Bertz CT molecular complexity index is 1060. The van der Waals surface area contributed by atoms with Gasteiger partial charge in [0.2, 0.25) is 0 Å². The third kappa shape index (κ3) is 3.93. The van der Waals surface area contributed by atoms with E-state index in [2.05, 4.69) is 10.3 Å². The number of carbonyl (C=O) groups excluding carboxylic acids is 2. The fourth-order valence-electron chi connectivity index (χ4n) is 3.78. The van der Waals surface area contributed by atoms with E-state index >= 15 is 0 Å². The predicted molar refractivity (Wildman–Crippen MR) is 114 cm³/mol. The van der Waals surface area contributed by atoms with Crippen molar-refractivity contribution < 1.29 is 9.59 Å². The molecule has 0 unspecified atom stereocenters. The highest BCUT2D eigenvalue weighted by molar-refractivity contribution is 7.08. The molecule has 0 saturated heterocycles. The number of thiophene rings is 1. The maximum absolute atomic E-state index is 13.0. The monoisotopic (exact) mass is 405 g/mol. The second-order valence-electron chi connectivity index (χ2n) is 7.31. The number of aromatic nitrogens is 1. The summed E-state index contributed by atoms with van der Waals surface area (Å²) in [5.41, 5.74) is 6.67. The molecule has 0 spiro atoms. The van der Waals surface area contributed by atoms with Gasteiger partial charge in [0.15, 0.2) is 0 Å². The first-order valence-electron chi connectivity index (χ1n) is 9.66. The molecule has 1 aliphatic heterocycles. The molecule has 0 atom stereocenters. The number of carbonyl (C=O) groups is 2. The van der Waals surface area contributed by atoms with Crippen LogP contribution >= 0.6 is 11.3 Å². The Labute approximate surface area is 174 Å². The van der Waals surface area contributed by atoms with Crippen LogP contribution in [0.15, 0.2) is 47.3 Å². The van der Waals surface area contributed by atoms with Crippen molar-refractivity contribution in [3.8, 4) is 0 Å². The number of hydrogen-bond acceptors (Lipinski definition) is 4. The van der Waals surface area contributed by atoms with Gasteiger partial charge in [0.05, 0.1) is 0 Å². The highest BCUT2D eigenvalue weighted by Crippen LogP contribution is 2.25. The molecular weight excluding hydrogens is 382 g/mol. The fraction of sp³-hybridized carbons (Fsp3) is 0.261. The van der Waals surface area contributed by atoms with Crippen LogP contribution in [0.1, 0.15) is 48.7 Å². The fourth-order valence-corrected chi connectivity index (χ4v) is 4.41. The van der Waals surface area contributed by atoms with Gasteiger partial charge in [-0.05, 0) is 60.0 Å². The van der Waals surface area contributed by atoms with E-state index in [1.54, 1.807) is 0 Å². The van der Waals surface area contributed by atoms with Crippen molar-refractivity contribution in [3.63, 3.8) is 0 Å². The maximum Gasteiger partial charge on any atom is 0.254 e. The third-order valence-corrected chi connectivity index (χ3v) is 6.15. The van der Waals surface area contributed by atoms with Gasteiger partial charge in [0.1, 0.15) is 0 Å². The standard InChI is InChI=1S/C23H23N3O2S/c1-15-5-3-4-6-19(15)23(28)26-9-7-20-18(13-26)11-24-16(2)21(20)12-25-22(27)17-8-10-29-14-17/h3-6,8,10-11,14H,7,9,12-13H2,1-2H3,(H,25,27). The van der Waals surface area contributed by atoms with Gasteiger partial charge in [-0.1, -0.05) is 18.2 Å². The topological polar surface area (TPSA) is 62.3 Å². The van der Waals surface area contributed by atoms with Gasteiger partial charge < -0.3 is 10.2 Å². The van der Waals surface area contributed by atoms with Crippen molar-refractivity contribution in [1.29, 1.82) is 0 Å². The van der Waals surface area contributed by atoms with Crippen LogP contribution < -0.4 is 5.32 Å². The molecule has 3 aromatic rings. The quantitative estimate of drug-likeness (QED) is 0.716. The normalized spacial score (nSPS) is 13.1. The molecule has 1 N–H and O–H groups in total. The van der Waals surface area contributed by atoms with E-state index in [1.807, 2.05) is 66.0 Å². The molecule has 0 fully saturated rings. The molecule has 2 aromatic heterocycles. The van der Waals surface area contributed by atoms with Crippen LogP contribution in [0.2, 0.25) is 0 Å². The van der Waals surface area contributed by atoms with E-state index in [0.29, 0.717) is 25.2 Å². The summed E-state index contributed by atoms with van der Waals surface area (Å²) in [5.74, 6) is -0.0166. The molecule has 4 rings (SSSR count). The summed E-state index contributed by atoms with van der Waals surface area (Å²) in [7, 11) is 0. The van der Waals surface area contributed by atoms with E-state index < -0.39 is 0 Å². The Kier molecular flexibility index (Phi) is 5.45. The summed E-state index contributed by atoms with van der Waals surface area (Å²) in [6, 6.07) is 9.51. The molecule has 5 nitrogen and oxygen atoms in total. The largest absolute Gasteiger partial charge is 0.348 e. The lowest BCUT2D eigenvalue weighted by Crippen LogP contribution is -2.37. The second-order valence-corrected chi connectivity index (χ2v) is 8.09. The molecule has 29 heavy (non-hydrogen) atoms. The number of aryl methyl sites for hydroxylation is 2. The number of benzene rings is 1. The first-order valence-corrected chi connectivity index (χ1v) is 10.6. The maximum atomic E-state index is 13.0. The molecule has 3 heterocycles. The molecule has 0 bridgehead atoms. The highest BCUT2D eigenvalue weighted by Gasteiger charge is 2.25. The van der Waals surface area contributed by atoms with E-state index in [1.165, 1.54) is 16.9 Å². The van der Waals surface area contributed by atoms with Crippen LogP contribution in [0.4, 0.5) is 0 Å². The second kappa shape index (κ2) is 8.17. The highest BCUT2D eigenvalue weighted by atomic mass is 32.1. The number of fused-ring (bicyclic) bond motifs is 1. The Morgan fingerprint density at radius 2 is 2.03 bits per heavy atom. The van der Waals surface area contributed by atoms with Crippen LogP contribution in [0.25, 0.3) is 0 Å². The number of nitrogens with one attached hydrogen (secondary N) is 1. The van der Waals surface area contributed by atoms with Crippen molar-refractivity contribution in [3.05, 3.63) is 86.4 Å². The van der Waals surface area contributed by atoms with Crippen LogP contribution in [-0.2, 0) is 19.5 Å². The summed E-state index contributed by atoms with van der Waals surface area (Å²) in [5, 5.41) is 6.74. The molecular formula is C23H23N3O2S. The van der Waals surface area contributed by atoms with E-state index in [9.17, 15) is 9.59 Å². The number of nitrogens with zero attached hydrogens (tertiary/aromatic N) is 2. The van der Waals surface area contributed by atoms with Crippen molar-refractivity contribution in [2.75, 3.05) is 6.54 Å². The Balaban J connectivity index is 1.52. The average molecular weight is 406 g/mol. The number of rotatable bonds is 4.